The Morgan fingerprint density at radius 3 is 2.35 bits per heavy atom. The second-order valence-corrected chi connectivity index (χ2v) is 8.68. The van der Waals surface area contributed by atoms with Crippen molar-refractivity contribution in [3.8, 4) is 0 Å². The van der Waals surface area contributed by atoms with E-state index >= 15 is 0 Å². The van der Waals surface area contributed by atoms with Crippen LogP contribution in [0.2, 0.25) is 0 Å². The van der Waals surface area contributed by atoms with Crippen LogP contribution in [0, 0.1) is 5.41 Å². The Bertz CT molecular complexity index is 335. The summed E-state index contributed by atoms with van der Waals surface area (Å²) in [6.07, 6.45) is 4.12. The number of rotatable bonds is 5. The van der Waals surface area contributed by atoms with Gasteiger partial charge in [-0.05, 0) is 37.6 Å². The summed E-state index contributed by atoms with van der Waals surface area (Å²) in [7, 11) is -2.81. The molecule has 1 rings (SSSR count). The van der Waals surface area contributed by atoms with Gasteiger partial charge in [0.15, 0.2) is 0 Å². The molecule has 0 aromatic carbocycles. The van der Waals surface area contributed by atoms with Crippen molar-refractivity contribution in [2.75, 3.05) is 18.1 Å². The van der Waals surface area contributed by atoms with Crippen LogP contribution in [0.15, 0.2) is 0 Å². The third-order valence-electron chi connectivity index (χ3n) is 4.18. The molecule has 1 aliphatic rings. The van der Waals surface area contributed by atoms with Gasteiger partial charge in [-0.3, -0.25) is 0 Å². The van der Waals surface area contributed by atoms with Crippen molar-refractivity contribution in [1.29, 1.82) is 0 Å². The van der Waals surface area contributed by atoms with Gasteiger partial charge in [0.1, 0.15) is 9.84 Å². The smallest absolute Gasteiger partial charge is 0.150 e. The molecule has 1 fully saturated rings. The van der Waals surface area contributed by atoms with Gasteiger partial charge >= 0.3 is 0 Å². The fourth-order valence-corrected chi connectivity index (χ4v) is 3.65. The third kappa shape index (κ3) is 3.68. The molecule has 1 atom stereocenters. The molecule has 0 radical (unpaired) electrons. The molecule has 17 heavy (non-hydrogen) atoms. The van der Waals surface area contributed by atoms with E-state index < -0.39 is 9.84 Å². The van der Waals surface area contributed by atoms with Crippen LogP contribution in [0.5, 0.6) is 0 Å². The number of sulfone groups is 1. The molecular weight excluding hydrogens is 234 g/mol. The Morgan fingerprint density at radius 1 is 1.29 bits per heavy atom. The van der Waals surface area contributed by atoms with E-state index in [0.717, 1.165) is 19.4 Å². The van der Waals surface area contributed by atoms with E-state index in [4.69, 9.17) is 0 Å². The zero-order valence-electron chi connectivity index (χ0n) is 11.7. The minimum Gasteiger partial charge on any atom is -0.311 e. The van der Waals surface area contributed by atoms with Gasteiger partial charge in [-0.2, -0.15) is 0 Å². The summed E-state index contributed by atoms with van der Waals surface area (Å²) in [5.41, 5.74) is 0.329. The zero-order chi connectivity index (χ0) is 13.2. The predicted molar refractivity (Wildman–Crippen MR) is 73.0 cm³/mol. The number of hydrogen-bond donors (Lipinski definition) is 1. The van der Waals surface area contributed by atoms with E-state index in [9.17, 15) is 8.42 Å². The quantitative estimate of drug-likeness (QED) is 0.826. The topological polar surface area (TPSA) is 46.2 Å². The minimum atomic E-state index is -2.81. The highest BCUT2D eigenvalue weighted by atomic mass is 32.2. The molecule has 102 valence electrons. The van der Waals surface area contributed by atoms with E-state index in [-0.39, 0.29) is 16.7 Å². The molecule has 1 N–H and O–H groups in total. The Labute approximate surface area is 106 Å². The van der Waals surface area contributed by atoms with Crippen LogP contribution in [0.4, 0.5) is 0 Å². The van der Waals surface area contributed by atoms with Crippen LogP contribution >= 0.6 is 0 Å². The molecule has 1 saturated heterocycles. The highest BCUT2D eigenvalue weighted by Crippen LogP contribution is 2.40. The van der Waals surface area contributed by atoms with Gasteiger partial charge in [0.25, 0.3) is 0 Å². The minimum absolute atomic E-state index is 0.135. The second-order valence-electron chi connectivity index (χ2n) is 6.20. The highest BCUT2D eigenvalue weighted by molar-refractivity contribution is 7.91. The van der Waals surface area contributed by atoms with E-state index in [1.54, 1.807) is 6.92 Å². The molecule has 0 aliphatic carbocycles. The molecule has 0 amide bonds. The van der Waals surface area contributed by atoms with E-state index in [2.05, 4.69) is 26.1 Å². The Balaban J connectivity index is 2.59. The fourth-order valence-electron chi connectivity index (χ4n) is 2.77. The molecule has 1 aliphatic heterocycles. The van der Waals surface area contributed by atoms with Crippen molar-refractivity contribution >= 4 is 9.84 Å². The normalized spacial score (nSPS) is 26.4. The summed E-state index contributed by atoms with van der Waals surface area (Å²) in [6, 6.07) is 0. The van der Waals surface area contributed by atoms with Gasteiger partial charge in [0.2, 0.25) is 0 Å². The standard InChI is InChI=1S/C13H27NO2S/c1-5-17(15,16)11-7-9-13(12(2,3)4)8-6-10-14-13/h14H,5-11H2,1-4H3. The van der Waals surface area contributed by atoms with Gasteiger partial charge < -0.3 is 5.32 Å². The first kappa shape index (κ1) is 15.0. The van der Waals surface area contributed by atoms with Crippen molar-refractivity contribution in [3.63, 3.8) is 0 Å². The third-order valence-corrected chi connectivity index (χ3v) is 5.97. The second kappa shape index (κ2) is 5.27. The van der Waals surface area contributed by atoms with Crippen LogP contribution in [-0.4, -0.2) is 32.0 Å². The summed E-state index contributed by atoms with van der Waals surface area (Å²) in [5, 5.41) is 3.62. The Kier molecular flexibility index (Phi) is 4.64. The lowest BCUT2D eigenvalue weighted by molar-refractivity contribution is 0.147. The van der Waals surface area contributed by atoms with Crippen molar-refractivity contribution < 1.29 is 8.42 Å². The molecule has 0 aromatic heterocycles. The van der Waals surface area contributed by atoms with E-state index in [0.29, 0.717) is 5.75 Å². The van der Waals surface area contributed by atoms with Crippen LogP contribution in [-0.2, 0) is 9.84 Å². The maximum absolute atomic E-state index is 11.5. The van der Waals surface area contributed by atoms with Gasteiger partial charge in [-0.25, -0.2) is 8.42 Å². The molecule has 0 aromatic rings. The summed E-state index contributed by atoms with van der Waals surface area (Å²) >= 11 is 0. The number of hydrogen-bond acceptors (Lipinski definition) is 3. The van der Waals surface area contributed by atoms with Crippen LogP contribution < -0.4 is 5.32 Å². The van der Waals surface area contributed by atoms with Gasteiger partial charge in [0.05, 0.1) is 5.75 Å². The van der Waals surface area contributed by atoms with E-state index in [1.165, 1.54) is 12.8 Å². The molecular formula is C13H27NO2S. The molecule has 0 saturated carbocycles. The maximum atomic E-state index is 11.5. The first-order valence-electron chi connectivity index (χ1n) is 6.68. The average molecular weight is 261 g/mol. The highest BCUT2D eigenvalue weighted by Gasteiger charge is 2.43. The van der Waals surface area contributed by atoms with Gasteiger partial charge in [0, 0.05) is 11.3 Å². The largest absolute Gasteiger partial charge is 0.311 e. The number of nitrogens with one attached hydrogen (secondary N) is 1. The molecule has 4 heteroatoms. The van der Waals surface area contributed by atoms with Crippen molar-refractivity contribution in [3.05, 3.63) is 0 Å². The van der Waals surface area contributed by atoms with Crippen LogP contribution in [0.25, 0.3) is 0 Å². The molecule has 0 bridgehead atoms. The fraction of sp³-hybridized carbons (Fsp3) is 1.00. The lowest BCUT2D eigenvalue weighted by atomic mass is 9.70. The Hall–Kier alpha value is -0.0900. The first-order valence-corrected chi connectivity index (χ1v) is 8.50. The van der Waals surface area contributed by atoms with Crippen molar-refractivity contribution in [2.45, 2.75) is 58.9 Å². The maximum Gasteiger partial charge on any atom is 0.150 e. The molecule has 1 heterocycles. The lowest BCUT2D eigenvalue weighted by Gasteiger charge is -2.42. The summed E-state index contributed by atoms with van der Waals surface area (Å²) in [4.78, 5) is 0. The van der Waals surface area contributed by atoms with Crippen molar-refractivity contribution in [2.24, 2.45) is 5.41 Å². The van der Waals surface area contributed by atoms with Crippen LogP contribution in [0.3, 0.4) is 0 Å². The Morgan fingerprint density at radius 2 is 1.94 bits per heavy atom. The molecule has 0 spiro atoms. The zero-order valence-corrected chi connectivity index (χ0v) is 12.5. The summed E-state index contributed by atoms with van der Waals surface area (Å²) < 4.78 is 23.0. The molecule has 3 nitrogen and oxygen atoms in total. The van der Waals surface area contributed by atoms with E-state index in [1.807, 2.05) is 0 Å². The first-order chi connectivity index (χ1) is 7.72. The lowest BCUT2D eigenvalue weighted by Crippen LogP contribution is -2.51. The SMILES string of the molecule is CCS(=O)(=O)CCCC1(C(C)(C)C)CCCN1. The summed E-state index contributed by atoms with van der Waals surface area (Å²) in [6.45, 7) is 9.54. The summed E-state index contributed by atoms with van der Waals surface area (Å²) in [5.74, 6) is 0.603. The average Bonchev–Trinajstić information content (AvgIpc) is 2.66. The van der Waals surface area contributed by atoms with Gasteiger partial charge in [-0.15, -0.1) is 0 Å². The molecule has 1 unspecified atom stereocenters. The van der Waals surface area contributed by atoms with Crippen LogP contribution in [0.1, 0.15) is 53.4 Å². The van der Waals surface area contributed by atoms with Crippen molar-refractivity contribution in [1.82, 2.24) is 5.32 Å². The monoisotopic (exact) mass is 261 g/mol. The van der Waals surface area contributed by atoms with Gasteiger partial charge in [-0.1, -0.05) is 27.7 Å². The predicted octanol–water partition coefficient (Wildman–Crippen LogP) is 2.37.